The van der Waals surface area contributed by atoms with Gasteiger partial charge in [0.25, 0.3) is 17.3 Å². The van der Waals surface area contributed by atoms with E-state index in [1.165, 1.54) is 29.3 Å². The van der Waals surface area contributed by atoms with Crippen molar-refractivity contribution in [3.8, 4) is 0 Å². The fourth-order valence-corrected chi connectivity index (χ4v) is 4.98. The van der Waals surface area contributed by atoms with Crippen molar-refractivity contribution >= 4 is 29.1 Å². The molecule has 0 saturated heterocycles. The van der Waals surface area contributed by atoms with Crippen LogP contribution in [0.4, 0.5) is 20.2 Å². The summed E-state index contributed by atoms with van der Waals surface area (Å²) in [4.78, 5) is 34.9. The maximum atomic E-state index is 13.7. The second kappa shape index (κ2) is 9.92. The third-order valence-corrected chi connectivity index (χ3v) is 6.70. The predicted octanol–water partition coefficient (Wildman–Crippen LogP) is 6.22. The highest BCUT2D eigenvalue weighted by atomic mass is 19.1. The smallest absolute Gasteiger partial charge is 0.267 e. The van der Waals surface area contributed by atoms with E-state index in [1.54, 1.807) is 24.3 Å². The zero-order valence-electron chi connectivity index (χ0n) is 19.8. The molecule has 0 aromatic heterocycles. The summed E-state index contributed by atoms with van der Waals surface area (Å²) in [6.07, 6.45) is 3.98. The van der Waals surface area contributed by atoms with Gasteiger partial charge >= 0.3 is 0 Å². The van der Waals surface area contributed by atoms with Crippen LogP contribution in [0.25, 0.3) is 6.08 Å². The van der Waals surface area contributed by atoms with Gasteiger partial charge in [0.15, 0.2) is 0 Å². The molecule has 0 unspecified atom stereocenters. The second-order valence-corrected chi connectivity index (χ2v) is 9.10. The van der Waals surface area contributed by atoms with E-state index in [0.717, 1.165) is 35.8 Å². The molecule has 1 aliphatic carbocycles. The van der Waals surface area contributed by atoms with Crippen LogP contribution in [0.3, 0.4) is 0 Å². The third-order valence-electron chi connectivity index (χ3n) is 6.70. The average Bonchev–Trinajstić information content (AvgIpc) is 3.30. The summed E-state index contributed by atoms with van der Waals surface area (Å²) in [6, 6.07) is 13.7. The van der Waals surface area contributed by atoms with Crippen molar-refractivity contribution in [1.82, 2.24) is 5.01 Å². The number of hydrogen-bond donors (Lipinski definition) is 0. The van der Waals surface area contributed by atoms with Crippen LogP contribution in [0.5, 0.6) is 0 Å². The molecule has 5 rings (SSSR count). The number of nitrogens with zero attached hydrogens (tertiary/aromatic N) is 4. The standard InChI is InChI=1S/C27H20F2N4O5/c28-20-8-4-16(5-9-20)12-18-2-1-3-24-25(18)30-31(26(24)17-6-10-21(29)11-7-17)27(34)19-13-22(32(35)36)15-23(14-19)33(37)38/h4-15,24,26H,1-3H2/b18-12+/t24-,26+/m0/s1. The molecular formula is C27H20F2N4O5. The molecule has 1 heterocycles. The number of hydrogen-bond acceptors (Lipinski definition) is 6. The van der Waals surface area contributed by atoms with Crippen molar-refractivity contribution in [2.24, 2.45) is 11.0 Å². The first-order valence-corrected chi connectivity index (χ1v) is 11.8. The van der Waals surface area contributed by atoms with Crippen molar-refractivity contribution in [2.75, 3.05) is 0 Å². The summed E-state index contributed by atoms with van der Waals surface area (Å²) in [5.74, 6) is -1.85. The Balaban J connectivity index is 1.61. The van der Waals surface area contributed by atoms with Crippen LogP contribution in [0.2, 0.25) is 0 Å². The molecular weight excluding hydrogens is 498 g/mol. The molecule has 3 aromatic carbocycles. The fraction of sp³-hybridized carbons (Fsp3) is 0.185. The Morgan fingerprint density at radius 2 is 1.50 bits per heavy atom. The number of benzene rings is 3. The van der Waals surface area contributed by atoms with Gasteiger partial charge in [-0.15, -0.1) is 0 Å². The molecule has 38 heavy (non-hydrogen) atoms. The van der Waals surface area contributed by atoms with Gasteiger partial charge in [0.2, 0.25) is 0 Å². The van der Waals surface area contributed by atoms with Crippen LogP contribution in [-0.4, -0.2) is 26.5 Å². The molecule has 9 nitrogen and oxygen atoms in total. The minimum atomic E-state index is -0.805. The number of fused-ring (bicyclic) bond motifs is 1. The van der Waals surface area contributed by atoms with Crippen LogP contribution in [0.1, 0.15) is 46.8 Å². The van der Waals surface area contributed by atoms with Crippen molar-refractivity contribution < 1.29 is 23.4 Å². The van der Waals surface area contributed by atoms with Crippen molar-refractivity contribution in [2.45, 2.75) is 25.3 Å². The van der Waals surface area contributed by atoms with Gasteiger partial charge < -0.3 is 0 Å². The SMILES string of the molecule is O=C(c1cc([N+](=O)[O-])cc([N+](=O)[O-])c1)N1N=C2/C(=C/c3ccc(F)cc3)CCC[C@@H]2[C@H]1c1ccc(F)cc1. The lowest BCUT2D eigenvalue weighted by Gasteiger charge is -2.29. The quantitative estimate of drug-likeness (QED) is 0.293. The molecule has 11 heteroatoms. The van der Waals surface area contributed by atoms with Crippen molar-refractivity contribution in [3.05, 3.63) is 121 Å². The Morgan fingerprint density at radius 1 is 0.921 bits per heavy atom. The summed E-state index contributed by atoms with van der Waals surface area (Å²) >= 11 is 0. The summed E-state index contributed by atoms with van der Waals surface area (Å²) < 4.78 is 27.1. The Bertz CT molecular complexity index is 1470. The van der Waals surface area contributed by atoms with Gasteiger partial charge in [-0.05, 0) is 66.3 Å². The van der Waals surface area contributed by atoms with Crippen molar-refractivity contribution in [3.63, 3.8) is 0 Å². The number of nitro groups is 2. The zero-order valence-corrected chi connectivity index (χ0v) is 19.8. The van der Waals surface area contributed by atoms with E-state index in [2.05, 4.69) is 5.10 Å². The Kier molecular flexibility index (Phi) is 6.50. The van der Waals surface area contributed by atoms with E-state index >= 15 is 0 Å². The summed E-state index contributed by atoms with van der Waals surface area (Å²) in [7, 11) is 0. The minimum Gasteiger partial charge on any atom is -0.267 e. The molecule has 1 aliphatic heterocycles. The fourth-order valence-electron chi connectivity index (χ4n) is 4.98. The molecule has 1 fully saturated rings. The first kappa shape index (κ1) is 24.9. The van der Waals surface area contributed by atoms with E-state index in [1.807, 2.05) is 6.08 Å². The molecule has 0 bridgehead atoms. The minimum absolute atomic E-state index is 0.259. The number of rotatable bonds is 5. The number of non-ortho nitro benzene ring substituents is 2. The highest BCUT2D eigenvalue weighted by Gasteiger charge is 2.44. The van der Waals surface area contributed by atoms with E-state index in [4.69, 9.17) is 0 Å². The lowest BCUT2D eigenvalue weighted by atomic mass is 9.77. The van der Waals surface area contributed by atoms with E-state index in [-0.39, 0.29) is 17.3 Å². The maximum Gasteiger partial charge on any atom is 0.277 e. The normalized spacial score (nSPS) is 19.7. The lowest BCUT2D eigenvalue weighted by Crippen LogP contribution is -2.32. The van der Waals surface area contributed by atoms with Gasteiger partial charge in [-0.1, -0.05) is 24.3 Å². The van der Waals surface area contributed by atoms with Crippen LogP contribution in [0.15, 0.2) is 77.4 Å². The van der Waals surface area contributed by atoms with Crippen LogP contribution in [-0.2, 0) is 0 Å². The number of nitro benzene ring substituents is 2. The van der Waals surface area contributed by atoms with Crippen molar-refractivity contribution in [1.29, 1.82) is 0 Å². The molecule has 1 saturated carbocycles. The summed E-state index contributed by atoms with van der Waals surface area (Å²) in [5, 5.41) is 28.6. The first-order chi connectivity index (χ1) is 18.2. The molecule has 192 valence electrons. The average molecular weight is 518 g/mol. The second-order valence-electron chi connectivity index (χ2n) is 9.10. The first-order valence-electron chi connectivity index (χ1n) is 11.8. The van der Waals surface area contributed by atoms with Crippen LogP contribution < -0.4 is 0 Å². The number of carbonyl (C=O) groups is 1. The summed E-state index contributed by atoms with van der Waals surface area (Å²) in [6.45, 7) is 0. The van der Waals surface area contributed by atoms with Crippen LogP contribution >= 0.6 is 0 Å². The summed E-state index contributed by atoms with van der Waals surface area (Å²) in [5.41, 5.74) is 1.38. The Labute approximate surface area is 215 Å². The van der Waals surface area contributed by atoms with Gasteiger partial charge in [-0.3, -0.25) is 25.0 Å². The number of carbonyl (C=O) groups excluding carboxylic acids is 1. The van der Waals surface area contributed by atoms with Gasteiger partial charge in [-0.2, -0.15) is 5.10 Å². The molecule has 0 spiro atoms. The molecule has 2 atom stereocenters. The van der Waals surface area contributed by atoms with E-state index in [0.29, 0.717) is 24.1 Å². The predicted molar refractivity (Wildman–Crippen MR) is 134 cm³/mol. The van der Waals surface area contributed by atoms with E-state index in [9.17, 15) is 33.8 Å². The van der Waals surface area contributed by atoms with Gasteiger partial charge in [-0.25, -0.2) is 13.8 Å². The topological polar surface area (TPSA) is 119 Å². The van der Waals surface area contributed by atoms with E-state index < -0.39 is 39.0 Å². The Morgan fingerprint density at radius 3 is 2.08 bits per heavy atom. The molecule has 0 radical (unpaired) electrons. The van der Waals surface area contributed by atoms with Crippen LogP contribution in [0, 0.1) is 37.8 Å². The molecule has 0 N–H and O–H groups in total. The molecule has 2 aliphatic rings. The highest BCUT2D eigenvalue weighted by molar-refractivity contribution is 6.09. The highest BCUT2D eigenvalue weighted by Crippen LogP contribution is 2.45. The largest absolute Gasteiger partial charge is 0.277 e. The molecule has 1 amide bonds. The third kappa shape index (κ3) is 4.77. The maximum absolute atomic E-state index is 13.7. The number of halogens is 2. The lowest BCUT2D eigenvalue weighted by molar-refractivity contribution is -0.394. The monoisotopic (exact) mass is 518 g/mol. The van der Waals surface area contributed by atoms with Gasteiger partial charge in [0.05, 0.1) is 33.2 Å². The Hall–Kier alpha value is -4.80. The zero-order chi connectivity index (χ0) is 27.0. The van der Waals surface area contributed by atoms with Gasteiger partial charge in [0.1, 0.15) is 11.6 Å². The number of hydrazone groups is 1. The number of amides is 1. The number of allylic oxidation sites excluding steroid dienone is 1. The van der Waals surface area contributed by atoms with Gasteiger partial charge in [0, 0.05) is 18.1 Å². The molecule has 3 aromatic rings.